The molecular formula is C12H19FN4. The summed E-state index contributed by atoms with van der Waals surface area (Å²) in [6.45, 7) is 0.691. The first kappa shape index (κ1) is 12.2. The molecule has 1 saturated carbocycles. The van der Waals surface area contributed by atoms with Crippen LogP contribution >= 0.6 is 0 Å². The summed E-state index contributed by atoms with van der Waals surface area (Å²) in [5.74, 6) is 0.667. The summed E-state index contributed by atoms with van der Waals surface area (Å²) < 4.78 is 12.8. The van der Waals surface area contributed by atoms with Gasteiger partial charge in [-0.3, -0.25) is 0 Å². The van der Waals surface area contributed by atoms with E-state index in [9.17, 15) is 4.39 Å². The maximum absolute atomic E-state index is 12.8. The van der Waals surface area contributed by atoms with Crippen molar-refractivity contribution in [1.82, 2.24) is 9.97 Å². The van der Waals surface area contributed by atoms with Crippen molar-refractivity contribution in [1.29, 1.82) is 0 Å². The fourth-order valence-electron chi connectivity index (χ4n) is 2.61. The van der Waals surface area contributed by atoms with E-state index in [1.165, 1.54) is 25.2 Å². The molecule has 0 amide bonds. The van der Waals surface area contributed by atoms with E-state index in [0.717, 1.165) is 12.8 Å². The number of nitrogens with two attached hydrogens (primary N) is 1. The molecule has 0 radical (unpaired) electrons. The van der Waals surface area contributed by atoms with E-state index >= 15 is 0 Å². The molecule has 0 spiro atoms. The van der Waals surface area contributed by atoms with Gasteiger partial charge in [0.1, 0.15) is 0 Å². The minimum absolute atomic E-state index is 0.374. The molecule has 2 N–H and O–H groups in total. The van der Waals surface area contributed by atoms with Gasteiger partial charge < -0.3 is 10.6 Å². The monoisotopic (exact) mass is 238 g/mol. The van der Waals surface area contributed by atoms with Gasteiger partial charge in [-0.15, -0.1) is 0 Å². The molecule has 0 aliphatic heterocycles. The molecular weight excluding hydrogens is 219 g/mol. The number of halogens is 1. The van der Waals surface area contributed by atoms with E-state index in [1.807, 2.05) is 11.9 Å². The van der Waals surface area contributed by atoms with Crippen LogP contribution in [0.4, 0.5) is 10.3 Å². The molecule has 94 valence electrons. The second kappa shape index (κ2) is 5.40. The number of rotatable bonds is 3. The van der Waals surface area contributed by atoms with Crippen molar-refractivity contribution in [2.75, 3.05) is 18.5 Å². The fraction of sp³-hybridized carbons (Fsp3) is 0.667. The molecule has 4 nitrogen and oxygen atoms in total. The molecule has 0 bridgehead atoms. The molecule has 17 heavy (non-hydrogen) atoms. The number of nitrogens with zero attached hydrogens (tertiary/aromatic N) is 3. The Balaban J connectivity index is 2.12. The fourth-order valence-corrected chi connectivity index (χ4v) is 2.61. The molecule has 2 rings (SSSR count). The Bertz CT molecular complexity index is 354. The van der Waals surface area contributed by atoms with Gasteiger partial charge >= 0.3 is 0 Å². The highest BCUT2D eigenvalue weighted by Crippen LogP contribution is 2.28. The molecule has 1 aromatic rings. The van der Waals surface area contributed by atoms with E-state index in [0.29, 0.717) is 24.5 Å². The van der Waals surface area contributed by atoms with Gasteiger partial charge in [-0.1, -0.05) is 12.8 Å². The normalized spacial score (nSPS) is 24.6. The molecule has 1 heterocycles. The first-order valence-electron chi connectivity index (χ1n) is 6.13. The first-order chi connectivity index (χ1) is 8.22. The Kier molecular flexibility index (Phi) is 3.89. The van der Waals surface area contributed by atoms with Crippen molar-refractivity contribution < 1.29 is 4.39 Å². The molecule has 1 aliphatic rings. The maximum Gasteiger partial charge on any atom is 0.225 e. The zero-order valence-electron chi connectivity index (χ0n) is 10.1. The molecule has 2 unspecified atom stereocenters. The number of hydrogen-bond acceptors (Lipinski definition) is 4. The van der Waals surface area contributed by atoms with Crippen molar-refractivity contribution in [3.8, 4) is 0 Å². The van der Waals surface area contributed by atoms with Crippen LogP contribution in [0.5, 0.6) is 0 Å². The summed E-state index contributed by atoms with van der Waals surface area (Å²) >= 11 is 0. The van der Waals surface area contributed by atoms with E-state index in [-0.39, 0.29) is 0 Å². The second-order valence-electron chi connectivity index (χ2n) is 4.66. The topological polar surface area (TPSA) is 55.0 Å². The van der Waals surface area contributed by atoms with Crippen LogP contribution in [0.1, 0.15) is 25.7 Å². The molecule has 0 saturated heterocycles. The average Bonchev–Trinajstić information content (AvgIpc) is 2.39. The van der Waals surface area contributed by atoms with Gasteiger partial charge in [0.15, 0.2) is 5.82 Å². The Labute approximate surface area is 101 Å². The Morgan fingerprint density at radius 3 is 2.65 bits per heavy atom. The average molecular weight is 238 g/mol. The van der Waals surface area contributed by atoms with Crippen molar-refractivity contribution in [3.05, 3.63) is 18.2 Å². The summed E-state index contributed by atoms with van der Waals surface area (Å²) in [5.41, 5.74) is 5.81. The van der Waals surface area contributed by atoms with Crippen LogP contribution in [0.3, 0.4) is 0 Å². The Hall–Kier alpha value is -1.23. The van der Waals surface area contributed by atoms with Gasteiger partial charge in [0.2, 0.25) is 5.95 Å². The van der Waals surface area contributed by atoms with Crippen molar-refractivity contribution >= 4 is 5.95 Å². The maximum atomic E-state index is 12.8. The van der Waals surface area contributed by atoms with Gasteiger partial charge in [0.05, 0.1) is 12.4 Å². The number of anilines is 1. The lowest BCUT2D eigenvalue weighted by atomic mass is 9.84. The second-order valence-corrected chi connectivity index (χ2v) is 4.66. The minimum atomic E-state index is -0.402. The molecule has 1 aliphatic carbocycles. The lowest BCUT2D eigenvalue weighted by Gasteiger charge is -2.37. The van der Waals surface area contributed by atoms with E-state index in [4.69, 9.17) is 5.73 Å². The van der Waals surface area contributed by atoms with Crippen LogP contribution in [0, 0.1) is 11.7 Å². The summed E-state index contributed by atoms with van der Waals surface area (Å²) in [6, 6.07) is 0.374. The van der Waals surface area contributed by atoms with Crippen LogP contribution in [0.2, 0.25) is 0 Å². The third kappa shape index (κ3) is 2.72. The van der Waals surface area contributed by atoms with Gasteiger partial charge in [0.25, 0.3) is 0 Å². The molecule has 5 heteroatoms. The number of hydrogen-bond donors (Lipinski definition) is 1. The predicted molar refractivity (Wildman–Crippen MR) is 65.2 cm³/mol. The summed E-state index contributed by atoms with van der Waals surface area (Å²) in [6.07, 6.45) is 7.15. The van der Waals surface area contributed by atoms with E-state index < -0.39 is 5.82 Å². The van der Waals surface area contributed by atoms with E-state index in [2.05, 4.69) is 9.97 Å². The molecule has 0 aromatic carbocycles. The smallest absolute Gasteiger partial charge is 0.225 e. The minimum Gasteiger partial charge on any atom is -0.341 e. The SMILES string of the molecule is CN(c1ncc(F)cn1)C1CCCCC1CN. The first-order valence-corrected chi connectivity index (χ1v) is 6.13. The summed E-state index contributed by atoms with van der Waals surface area (Å²) in [5, 5.41) is 0. The van der Waals surface area contributed by atoms with E-state index in [1.54, 1.807) is 0 Å². The van der Waals surface area contributed by atoms with Crippen LogP contribution in [-0.2, 0) is 0 Å². The van der Waals surface area contributed by atoms with Crippen LogP contribution in [0.25, 0.3) is 0 Å². The highest BCUT2D eigenvalue weighted by atomic mass is 19.1. The van der Waals surface area contributed by atoms with Crippen LogP contribution in [-0.4, -0.2) is 29.6 Å². The molecule has 1 aromatic heterocycles. The largest absolute Gasteiger partial charge is 0.341 e. The lowest BCUT2D eigenvalue weighted by Crippen LogP contribution is -2.43. The third-order valence-electron chi connectivity index (χ3n) is 3.59. The highest BCUT2D eigenvalue weighted by Gasteiger charge is 2.28. The Morgan fingerprint density at radius 2 is 2.00 bits per heavy atom. The van der Waals surface area contributed by atoms with Crippen LogP contribution < -0.4 is 10.6 Å². The van der Waals surface area contributed by atoms with Gasteiger partial charge in [-0.2, -0.15) is 0 Å². The van der Waals surface area contributed by atoms with Gasteiger partial charge in [-0.25, -0.2) is 14.4 Å². The van der Waals surface area contributed by atoms with Crippen molar-refractivity contribution in [2.24, 2.45) is 11.7 Å². The highest BCUT2D eigenvalue weighted by molar-refractivity contribution is 5.29. The predicted octanol–water partition coefficient (Wildman–Crippen LogP) is 1.57. The standard InChI is InChI=1S/C12H19FN4/c1-17(12-15-7-10(13)8-16-12)11-5-3-2-4-9(11)6-14/h7-9,11H,2-6,14H2,1H3. The third-order valence-corrected chi connectivity index (χ3v) is 3.59. The van der Waals surface area contributed by atoms with Gasteiger partial charge in [0, 0.05) is 13.1 Å². The molecule has 2 atom stereocenters. The summed E-state index contributed by atoms with van der Waals surface area (Å²) in [4.78, 5) is 10.1. The van der Waals surface area contributed by atoms with Crippen LogP contribution in [0.15, 0.2) is 12.4 Å². The molecule has 1 fully saturated rings. The summed E-state index contributed by atoms with van der Waals surface area (Å²) in [7, 11) is 1.96. The lowest BCUT2D eigenvalue weighted by molar-refractivity contribution is 0.304. The van der Waals surface area contributed by atoms with Crippen molar-refractivity contribution in [2.45, 2.75) is 31.7 Å². The quantitative estimate of drug-likeness (QED) is 0.868. The zero-order chi connectivity index (χ0) is 12.3. The number of aromatic nitrogens is 2. The van der Waals surface area contributed by atoms with Crippen molar-refractivity contribution in [3.63, 3.8) is 0 Å². The Morgan fingerprint density at radius 1 is 1.35 bits per heavy atom. The van der Waals surface area contributed by atoms with Gasteiger partial charge in [-0.05, 0) is 25.3 Å². The zero-order valence-corrected chi connectivity index (χ0v) is 10.1.